The standard InChI is InChI=1S/C34H38BFO3/c1-3-24-18-25(28-13-12-23(17-30(28)36)11-7-10-22-8-5-4-6-9-22)19-26-20-29(26)31(32(24)37)33(38)34-21(2)16-27(39-34)14-15-35/h4-6,8-9,12-13,17-18,21,25-27,34H,3,7,10-11,14-16,19-20H2,1-2H3. The van der Waals surface area contributed by atoms with Gasteiger partial charge in [-0.25, -0.2) is 4.39 Å². The summed E-state index contributed by atoms with van der Waals surface area (Å²) in [6.07, 6.45) is 8.01. The van der Waals surface area contributed by atoms with Gasteiger partial charge in [0.05, 0.1) is 19.5 Å². The summed E-state index contributed by atoms with van der Waals surface area (Å²) in [5, 5.41) is 0. The van der Waals surface area contributed by atoms with Gasteiger partial charge in [0.1, 0.15) is 11.9 Å². The van der Waals surface area contributed by atoms with Crippen molar-refractivity contribution in [1.82, 2.24) is 0 Å². The van der Waals surface area contributed by atoms with Crippen LogP contribution in [-0.4, -0.2) is 31.6 Å². The van der Waals surface area contributed by atoms with Gasteiger partial charge in [0.15, 0.2) is 11.6 Å². The molecule has 0 amide bonds. The van der Waals surface area contributed by atoms with Gasteiger partial charge in [-0.05, 0) is 91.5 Å². The lowest BCUT2D eigenvalue weighted by Gasteiger charge is -2.21. The minimum atomic E-state index is -0.588. The SMILES string of the molecule is [B]CCC1CC(C)C(C(=O)C2=C3CC3CC(c3ccc(CCCc4ccccc4)cc3F)C=C(CC)C2=O)O1. The van der Waals surface area contributed by atoms with Crippen LogP contribution in [0.15, 0.2) is 71.3 Å². The molecule has 1 saturated heterocycles. The predicted molar refractivity (Wildman–Crippen MR) is 153 cm³/mol. The molecule has 2 fully saturated rings. The van der Waals surface area contributed by atoms with Crippen molar-refractivity contribution in [2.24, 2.45) is 11.8 Å². The van der Waals surface area contributed by atoms with E-state index in [9.17, 15) is 9.59 Å². The van der Waals surface area contributed by atoms with E-state index in [0.717, 1.165) is 49.7 Å². The Kier molecular flexibility index (Phi) is 8.66. The van der Waals surface area contributed by atoms with E-state index < -0.39 is 6.10 Å². The summed E-state index contributed by atoms with van der Waals surface area (Å²) in [5.41, 5.74) is 4.79. The molecule has 0 bridgehead atoms. The van der Waals surface area contributed by atoms with Gasteiger partial charge < -0.3 is 4.74 Å². The van der Waals surface area contributed by atoms with Crippen molar-refractivity contribution in [3.05, 3.63) is 93.8 Å². The Hall–Kier alpha value is -2.79. The van der Waals surface area contributed by atoms with E-state index in [2.05, 4.69) is 12.1 Å². The van der Waals surface area contributed by atoms with Crippen molar-refractivity contribution >= 4 is 19.4 Å². The Morgan fingerprint density at radius 2 is 1.85 bits per heavy atom. The van der Waals surface area contributed by atoms with Gasteiger partial charge in [-0.15, -0.1) is 0 Å². The van der Waals surface area contributed by atoms with Crippen molar-refractivity contribution in [2.75, 3.05) is 0 Å². The van der Waals surface area contributed by atoms with Crippen LogP contribution < -0.4 is 0 Å². The molecule has 0 spiro atoms. The lowest BCUT2D eigenvalue weighted by atomic mass is 9.83. The molecule has 5 unspecified atom stereocenters. The first-order chi connectivity index (χ1) is 18.9. The van der Waals surface area contributed by atoms with Crippen LogP contribution in [0, 0.1) is 17.7 Å². The second kappa shape index (κ2) is 12.2. The van der Waals surface area contributed by atoms with Crippen LogP contribution in [0.2, 0.25) is 6.32 Å². The summed E-state index contributed by atoms with van der Waals surface area (Å²) in [5.74, 6) is -0.571. The van der Waals surface area contributed by atoms with Crippen LogP contribution in [0.25, 0.3) is 0 Å². The molecule has 1 saturated carbocycles. The fourth-order valence-corrected chi connectivity index (χ4v) is 6.44. The zero-order valence-corrected chi connectivity index (χ0v) is 23.1. The van der Waals surface area contributed by atoms with Gasteiger partial charge >= 0.3 is 0 Å². The van der Waals surface area contributed by atoms with E-state index in [1.165, 1.54) is 5.56 Å². The number of hydrogen-bond acceptors (Lipinski definition) is 3. The van der Waals surface area contributed by atoms with Crippen molar-refractivity contribution in [3.8, 4) is 0 Å². The number of allylic oxidation sites excluding steroid dienone is 3. The molecule has 5 rings (SSSR count). The smallest absolute Gasteiger partial charge is 0.195 e. The minimum absolute atomic E-state index is 0.0296. The van der Waals surface area contributed by atoms with Crippen molar-refractivity contribution < 1.29 is 18.7 Å². The summed E-state index contributed by atoms with van der Waals surface area (Å²) in [4.78, 5) is 27.3. The molecule has 2 radical (unpaired) electrons. The van der Waals surface area contributed by atoms with E-state index in [-0.39, 0.29) is 41.2 Å². The molecule has 2 aliphatic carbocycles. The molecular formula is C34H38BFO3. The summed E-state index contributed by atoms with van der Waals surface area (Å²) in [6.45, 7) is 3.94. The number of aryl methyl sites for hydroxylation is 2. The molecule has 3 aliphatic rings. The Bertz CT molecular complexity index is 1280. The number of fused-ring (bicyclic) bond motifs is 1. The van der Waals surface area contributed by atoms with Gasteiger partial charge in [-0.1, -0.05) is 74.3 Å². The number of hydrogen-bond donors (Lipinski definition) is 0. The number of Topliss-reactive ketones (excluding diaryl/α,β-unsaturated/α-hetero) is 2. The van der Waals surface area contributed by atoms with Gasteiger partial charge in [0.2, 0.25) is 0 Å². The fraction of sp³-hybridized carbons (Fsp3) is 0.471. The van der Waals surface area contributed by atoms with Crippen molar-refractivity contribution in [2.45, 2.75) is 89.7 Å². The molecule has 202 valence electrons. The normalized spacial score (nSPS) is 26.6. The van der Waals surface area contributed by atoms with Gasteiger partial charge in [-0.3, -0.25) is 9.59 Å². The largest absolute Gasteiger partial charge is 0.367 e. The first-order valence-corrected chi connectivity index (χ1v) is 14.6. The highest BCUT2D eigenvalue weighted by molar-refractivity contribution is 6.28. The summed E-state index contributed by atoms with van der Waals surface area (Å²) < 4.78 is 21.5. The molecule has 5 heteroatoms. The van der Waals surface area contributed by atoms with Gasteiger partial charge in [0.25, 0.3) is 0 Å². The molecule has 2 aromatic rings. The molecule has 0 aromatic heterocycles. The Balaban J connectivity index is 1.31. The van der Waals surface area contributed by atoms with Crippen LogP contribution in [0.1, 0.15) is 75.0 Å². The number of carbonyl (C=O) groups excluding carboxylic acids is 2. The van der Waals surface area contributed by atoms with Gasteiger partial charge in [-0.2, -0.15) is 0 Å². The van der Waals surface area contributed by atoms with Crippen LogP contribution in [-0.2, 0) is 27.2 Å². The molecule has 5 atom stereocenters. The molecule has 2 aromatic carbocycles. The molecule has 1 heterocycles. The third-order valence-corrected chi connectivity index (χ3v) is 8.68. The van der Waals surface area contributed by atoms with Crippen LogP contribution in [0.3, 0.4) is 0 Å². The summed E-state index contributed by atoms with van der Waals surface area (Å²) >= 11 is 0. The minimum Gasteiger partial charge on any atom is -0.367 e. The maximum absolute atomic E-state index is 15.4. The zero-order chi connectivity index (χ0) is 27.5. The summed E-state index contributed by atoms with van der Waals surface area (Å²) in [7, 11) is 5.70. The van der Waals surface area contributed by atoms with Crippen molar-refractivity contribution in [1.29, 1.82) is 0 Å². The van der Waals surface area contributed by atoms with Crippen LogP contribution >= 0.6 is 0 Å². The van der Waals surface area contributed by atoms with E-state index in [4.69, 9.17) is 12.6 Å². The third-order valence-electron chi connectivity index (χ3n) is 8.68. The molecule has 3 nitrogen and oxygen atoms in total. The maximum atomic E-state index is 15.4. The highest BCUT2D eigenvalue weighted by Crippen LogP contribution is 2.50. The second-order valence-corrected chi connectivity index (χ2v) is 11.5. The van der Waals surface area contributed by atoms with E-state index in [0.29, 0.717) is 35.9 Å². The molecule has 0 N–H and O–H groups in total. The Morgan fingerprint density at radius 1 is 1.08 bits per heavy atom. The van der Waals surface area contributed by atoms with Gasteiger partial charge in [0, 0.05) is 5.92 Å². The lowest BCUT2D eigenvalue weighted by Crippen LogP contribution is -2.31. The third kappa shape index (κ3) is 6.19. The highest BCUT2D eigenvalue weighted by atomic mass is 19.1. The Morgan fingerprint density at radius 3 is 2.56 bits per heavy atom. The number of rotatable bonds is 10. The number of benzene rings is 2. The van der Waals surface area contributed by atoms with Crippen LogP contribution in [0.4, 0.5) is 4.39 Å². The predicted octanol–water partition coefficient (Wildman–Crippen LogP) is 7.05. The monoisotopic (exact) mass is 524 g/mol. The summed E-state index contributed by atoms with van der Waals surface area (Å²) in [6, 6.07) is 15.9. The average Bonchev–Trinajstić information content (AvgIpc) is 3.56. The number of ketones is 2. The second-order valence-electron chi connectivity index (χ2n) is 11.5. The maximum Gasteiger partial charge on any atom is 0.195 e. The quantitative estimate of drug-likeness (QED) is 0.247. The average molecular weight is 524 g/mol. The number of carbonyl (C=O) groups is 2. The first kappa shape index (κ1) is 27.8. The zero-order valence-electron chi connectivity index (χ0n) is 23.1. The first-order valence-electron chi connectivity index (χ1n) is 14.6. The number of ether oxygens (including phenoxy) is 1. The van der Waals surface area contributed by atoms with E-state index in [1.54, 1.807) is 6.07 Å². The highest BCUT2D eigenvalue weighted by Gasteiger charge is 2.46. The topological polar surface area (TPSA) is 43.4 Å². The Labute approximate surface area is 233 Å². The molecule has 1 aliphatic heterocycles. The fourth-order valence-electron chi connectivity index (χ4n) is 6.44. The van der Waals surface area contributed by atoms with E-state index >= 15 is 4.39 Å². The lowest BCUT2D eigenvalue weighted by molar-refractivity contribution is -0.129. The van der Waals surface area contributed by atoms with Crippen LogP contribution in [0.5, 0.6) is 0 Å². The molecule has 39 heavy (non-hydrogen) atoms. The van der Waals surface area contributed by atoms with E-state index in [1.807, 2.05) is 50.3 Å². The van der Waals surface area contributed by atoms with Crippen molar-refractivity contribution in [3.63, 3.8) is 0 Å². The number of halogens is 1. The molecular weight excluding hydrogens is 486 g/mol.